The second-order valence-electron chi connectivity index (χ2n) is 5.96. The lowest BCUT2D eigenvalue weighted by atomic mass is 9.95. The van der Waals surface area contributed by atoms with Crippen LogP contribution in [0.3, 0.4) is 0 Å². The Balaban J connectivity index is 2.11. The van der Waals surface area contributed by atoms with Crippen molar-refractivity contribution >= 4 is 17.6 Å². The van der Waals surface area contributed by atoms with E-state index in [9.17, 15) is 9.18 Å². The van der Waals surface area contributed by atoms with Gasteiger partial charge in [0.25, 0.3) is 0 Å². The third kappa shape index (κ3) is 4.56. The fourth-order valence-corrected chi connectivity index (χ4v) is 2.75. The first-order chi connectivity index (χ1) is 10.9. The molecule has 0 unspecified atom stereocenters. The van der Waals surface area contributed by atoms with Gasteiger partial charge < -0.3 is 20.1 Å². The van der Waals surface area contributed by atoms with E-state index < -0.39 is 11.9 Å². The van der Waals surface area contributed by atoms with Crippen molar-refractivity contribution in [2.45, 2.75) is 26.0 Å². The molecule has 0 aliphatic carbocycles. The van der Waals surface area contributed by atoms with E-state index in [1.165, 1.54) is 6.07 Å². The maximum absolute atomic E-state index is 14.2. The Morgan fingerprint density at radius 3 is 2.91 bits per heavy atom. The van der Waals surface area contributed by atoms with Crippen LogP contribution in [0.1, 0.15) is 25.5 Å². The molecule has 0 aromatic heterocycles. The molecular weight excluding hydrogens is 323 g/mol. The predicted octanol–water partition coefficient (Wildman–Crippen LogP) is 2.58. The smallest absolute Gasteiger partial charge is 0.318 e. The topological polar surface area (TPSA) is 61.8 Å². The van der Waals surface area contributed by atoms with Gasteiger partial charge in [0.15, 0.2) is 0 Å². The van der Waals surface area contributed by atoms with Crippen LogP contribution in [0.4, 0.5) is 9.18 Å². The number of ether oxygens (including phenoxy) is 1. The molecule has 2 atom stereocenters. The van der Waals surface area contributed by atoms with E-state index in [0.29, 0.717) is 30.3 Å². The van der Waals surface area contributed by atoms with E-state index in [0.717, 1.165) is 0 Å². The van der Waals surface area contributed by atoms with Crippen LogP contribution in [-0.2, 0) is 4.74 Å². The molecule has 1 aliphatic rings. The zero-order valence-electron chi connectivity index (χ0n) is 13.3. The number of urea groups is 1. The van der Waals surface area contributed by atoms with Crippen LogP contribution in [0, 0.1) is 11.7 Å². The minimum atomic E-state index is -0.463. The fraction of sp³-hybridized carbons (Fsp3) is 0.562. The summed E-state index contributed by atoms with van der Waals surface area (Å²) in [6.45, 7) is 4.82. The highest BCUT2D eigenvalue weighted by Gasteiger charge is 2.27. The summed E-state index contributed by atoms with van der Waals surface area (Å²) in [5.41, 5.74) is 0.407. The summed E-state index contributed by atoms with van der Waals surface area (Å²) < 4.78 is 19.5. The van der Waals surface area contributed by atoms with Gasteiger partial charge in [-0.15, -0.1) is 0 Å². The highest BCUT2D eigenvalue weighted by Crippen LogP contribution is 2.26. The summed E-state index contributed by atoms with van der Waals surface area (Å²) in [6, 6.07) is 3.70. The number of nitrogens with one attached hydrogen (secondary N) is 1. The van der Waals surface area contributed by atoms with E-state index in [4.69, 9.17) is 21.4 Å². The zero-order chi connectivity index (χ0) is 17.0. The molecule has 2 rings (SSSR count). The van der Waals surface area contributed by atoms with Crippen LogP contribution in [0.5, 0.6) is 0 Å². The van der Waals surface area contributed by atoms with Crippen LogP contribution in [-0.4, -0.2) is 48.4 Å². The average Bonchev–Trinajstić information content (AvgIpc) is 2.53. The molecular formula is C16H22ClFN2O3. The molecule has 2 N–H and O–H groups in total. The minimum absolute atomic E-state index is 0.00399. The van der Waals surface area contributed by atoms with E-state index in [1.807, 2.05) is 13.8 Å². The van der Waals surface area contributed by atoms with E-state index in [2.05, 4.69) is 5.32 Å². The monoisotopic (exact) mass is 344 g/mol. The quantitative estimate of drug-likeness (QED) is 0.882. The Morgan fingerprint density at radius 2 is 2.30 bits per heavy atom. The predicted molar refractivity (Wildman–Crippen MR) is 85.9 cm³/mol. The van der Waals surface area contributed by atoms with Crippen LogP contribution in [0.2, 0.25) is 5.02 Å². The molecule has 1 heterocycles. The molecule has 1 aliphatic heterocycles. The molecule has 1 aromatic carbocycles. The van der Waals surface area contributed by atoms with Crippen LogP contribution < -0.4 is 5.32 Å². The lowest BCUT2D eigenvalue weighted by molar-refractivity contribution is -0.0406. The van der Waals surface area contributed by atoms with Gasteiger partial charge in [-0.3, -0.25) is 0 Å². The normalized spacial score (nSPS) is 19.7. The van der Waals surface area contributed by atoms with Gasteiger partial charge in [0.2, 0.25) is 0 Å². The molecule has 5 nitrogen and oxygen atoms in total. The third-order valence-electron chi connectivity index (χ3n) is 3.87. The SMILES string of the molecule is CC(C)[C@H](NC(=O)N1CCO[C@H](CO)C1)c1ccc(Cl)cc1F. The van der Waals surface area contributed by atoms with Crippen molar-refractivity contribution in [1.29, 1.82) is 0 Å². The molecule has 2 amide bonds. The Kier molecular flexibility index (Phi) is 6.21. The Labute approximate surface area is 140 Å². The second kappa shape index (κ2) is 7.95. The summed E-state index contributed by atoms with van der Waals surface area (Å²) in [6.07, 6.45) is -0.376. The molecule has 23 heavy (non-hydrogen) atoms. The molecule has 1 aromatic rings. The summed E-state index contributed by atoms with van der Waals surface area (Å²) in [5.74, 6) is -0.434. The maximum atomic E-state index is 14.2. The van der Waals surface area contributed by atoms with Crippen LogP contribution in [0.15, 0.2) is 18.2 Å². The summed E-state index contributed by atoms with van der Waals surface area (Å²) in [5, 5.41) is 12.3. The van der Waals surface area contributed by atoms with Crippen molar-refractivity contribution in [1.82, 2.24) is 10.2 Å². The van der Waals surface area contributed by atoms with Crippen molar-refractivity contribution in [3.63, 3.8) is 0 Å². The van der Waals surface area contributed by atoms with Crippen molar-refractivity contribution in [3.05, 3.63) is 34.6 Å². The molecule has 0 saturated carbocycles. The lowest BCUT2D eigenvalue weighted by Gasteiger charge is -2.34. The standard InChI is InChI=1S/C16H22ClFN2O3/c1-10(2)15(13-4-3-11(17)7-14(13)18)19-16(22)20-5-6-23-12(8-20)9-21/h3-4,7,10,12,15,21H,5-6,8-9H2,1-2H3,(H,19,22)/t12-,15-/m0/s1. The number of nitrogens with zero attached hydrogens (tertiary/aromatic N) is 1. The van der Waals surface area contributed by atoms with Crippen molar-refractivity contribution in [2.75, 3.05) is 26.3 Å². The van der Waals surface area contributed by atoms with E-state index >= 15 is 0 Å². The number of rotatable bonds is 4. The van der Waals surface area contributed by atoms with Crippen LogP contribution >= 0.6 is 11.6 Å². The summed E-state index contributed by atoms with van der Waals surface area (Å²) in [4.78, 5) is 14.0. The second-order valence-corrected chi connectivity index (χ2v) is 6.39. The number of benzene rings is 1. The molecule has 7 heteroatoms. The van der Waals surface area contributed by atoms with Gasteiger partial charge >= 0.3 is 6.03 Å². The highest BCUT2D eigenvalue weighted by atomic mass is 35.5. The first-order valence-corrected chi connectivity index (χ1v) is 8.03. The highest BCUT2D eigenvalue weighted by molar-refractivity contribution is 6.30. The van der Waals surface area contributed by atoms with Gasteiger partial charge in [0.05, 0.1) is 31.9 Å². The van der Waals surface area contributed by atoms with E-state index in [-0.39, 0.29) is 24.7 Å². The van der Waals surface area contributed by atoms with Gasteiger partial charge in [-0.1, -0.05) is 31.5 Å². The number of carbonyl (C=O) groups is 1. The first-order valence-electron chi connectivity index (χ1n) is 7.65. The molecule has 0 radical (unpaired) electrons. The molecule has 128 valence electrons. The largest absolute Gasteiger partial charge is 0.394 e. The van der Waals surface area contributed by atoms with Crippen molar-refractivity contribution < 1.29 is 19.0 Å². The number of hydrogen-bond acceptors (Lipinski definition) is 3. The average molecular weight is 345 g/mol. The number of halogens is 2. The van der Waals surface area contributed by atoms with Gasteiger partial charge in [0, 0.05) is 17.1 Å². The number of carbonyl (C=O) groups excluding carboxylic acids is 1. The summed E-state index contributed by atoms with van der Waals surface area (Å²) in [7, 11) is 0. The number of hydrogen-bond donors (Lipinski definition) is 2. The number of aliphatic hydroxyl groups is 1. The van der Waals surface area contributed by atoms with Crippen LogP contribution in [0.25, 0.3) is 0 Å². The van der Waals surface area contributed by atoms with E-state index in [1.54, 1.807) is 17.0 Å². The Hall–Kier alpha value is -1.37. The number of amides is 2. The Bertz CT molecular complexity index is 556. The first kappa shape index (κ1) is 18.0. The maximum Gasteiger partial charge on any atom is 0.318 e. The van der Waals surface area contributed by atoms with Gasteiger partial charge in [-0.2, -0.15) is 0 Å². The number of morpholine rings is 1. The molecule has 1 fully saturated rings. The van der Waals surface area contributed by atoms with Crippen molar-refractivity contribution in [3.8, 4) is 0 Å². The molecule has 0 bridgehead atoms. The summed E-state index contributed by atoms with van der Waals surface area (Å²) >= 11 is 5.79. The fourth-order valence-electron chi connectivity index (χ4n) is 2.60. The Morgan fingerprint density at radius 1 is 1.57 bits per heavy atom. The minimum Gasteiger partial charge on any atom is -0.394 e. The third-order valence-corrected chi connectivity index (χ3v) is 4.11. The van der Waals surface area contributed by atoms with Gasteiger partial charge in [0.1, 0.15) is 5.82 Å². The zero-order valence-corrected chi connectivity index (χ0v) is 14.0. The van der Waals surface area contributed by atoms with Crippen molar-refractivity contribution in [2.24, 2.45) is 5.92 Å². The van der Waals surface area contributed by atoms with Gasteiger partial charge in [-0.05, 0) is 18.1 Å². The molecule has 1 saturated heterocycles. The van der Waals surface area contributed by atoms with Gasteiger partial charge in [-0.25, -0.2) is 9.18 Å². The molecule has 0 spiro atoms. The lowest BCUT2D eigenvalue weighted by Crippen LogP contribution is -2.51. The number of aliphatic hydroxyl groups excluding tert-OH is 1.